The van der Waals surface area contributed by atoms with E-state index in [-0.39, 0.29) is 0 Å². The van der Waals surface area contributed by atoms with Crippen LogP contribution in [0.5, 0.6) is 11.8 Å². The SMILES string of the molecule is C#Cc1ccc(OCCCC)nc1OCCCC. The van der Waals surface area contributed by atoms with Crippen molar-refractivity contribution in [1.82, 2.24) is 4.98 Å². The highest BCUT2D eigenvalue weighted by atomic mass is 16.5. The van der Waals surface area contributed by atoms with Crippen LogP contribution in [0.25, 0.3) is 0 Å². The van der Waals surface area contributed by atoms with Gasteiger partial charge >= 0.3 is 0 Å². The van der Waals surface area contributed by atoms with Crippen molar-refractivity contribution < 1.29 is 9.47 Å². The molecule has 0 aliphatic heterocycles. The molecule has 0 saturated heterocycles. The highest BCUT2D eigenvalue weighted by Crippen LogP contribution is 2.19. The second kappa shape index (κ2) is 8.41. The first kappa shape index (κ1) is 14.4. The minimum Gasteiger partial charge on any atom is -0.478 e. The van der Waals surface area contributed by atoms with Gasteiger partial charge in [0.05, 0.1) is 18.8 Å². The lowest BCUT2D eigenvalue weighted by molar-refractivity contribution is 0.272. The van der Waals surface area contributed by atoms with E-state index in [9.17, 15) is 0 Å². The van der Waals surface area contributed by atoms with Gasteiger partial charge in [-0.15, -0.1) is 6.42 Å². The van der Waals surface area contributed by atoms with Gasteiger partial charge in [-0.1, -0.05) is 32.6 Å². The molecular formula is C15H21NO2. The highest BCUT2D eigenvalue weighted by Gasteiger charge is 2.06. The highest BCUT2D eigenvalue weighted by molar-refractivity contribution is 5.42. The Balaban J connectivity index is 2.66. The van der Waals surface area contributed by atoms with Gasteiger partial charge in [-0.05, 0) is 18.9 Å². The van der Waals surface area contributed by atoms with Gasteiger partial charge in [-0.2, -0.15) is 4.98 Å². The lowest BCUT2D eigenvalue weighted by Crippen LogP contribution is -2.03. The van der Waals surface area contributed by atoms with Crippen LogP contribution in [0, 0.1) is 12.3 Å². The van der Waals surface area contributed by atoms with Gasteiger partial charge < -0.3 is 9.47 Å². The second-order valence-corrected chi connectivity index (χ2v) is 4.05. The van der Waals surface area contributed by atoms with Crippen LogP contribution in [0.2, 0.25) is 0 Å². The van der Waals surface area contributed by atoms with Crippen molar-refractivity contribution in [2.24, 2.45) is 0 Å². The van der Waals surface area contributed by atoms with Crippen LogP contribution in [0.1, 0.15) is 45.1 Å². The van der Waals surface area contributed by atoms with Crippen LogP contribution in [-0.4, -0.2) is 18.2 Å². The molecule has 0 spiro atoms. The zero-order valence-electron chi connectivity index (χ0n) is 11.2. The number of aromatic nitrogens is 1. The van der Waals surface area contributed by atoms with Gasteiger partial charge in [0.15, 0.2) is 0 Å². The molecule has 1 aromatic heterocycles. The third-order valence-corrected chi connectivity index (χ3v) is 2.47. The zero-order valence-corrected chi connectivity index (χ0v) is 11.2. The van der Waals surface area contributed by atoms with E-state index in [1.807, 2.05) is 6.07 Å². The summed E-state index contributed by atoms with van der Waals surface area (Å²) in [4.78, 5) is 4.30. The third kappa shape index (κ3) is 4.67. The Hall–Kier alpha value is -1.69. The summed E-state index contributed by atoms with van der Waals surface area (Å²) < 4.78 is 11.1. The Bertz CT molecular complexity index is 396. The van der Waals surface area contributed by atoms with Gasteiger partial charge in [-0.25, -0.2) is 0 Å². The molecule has 18 heavy (non-hydrogen) atoms. The summed E-state index contributed by atoms with van der Waals surface area (Å²) in [7, 11) is 0. The molecular weight excluding hydrogens is 226 g/mol. The maximum Gasteiger partial charge on any atom is 0.232 e. The molecule has 0 amide bonds. The van der Waals surface area contributed by atoms with Crippen molar-refractivity contribution in [3.05, 3.63) is 17.7 Å². The second-order valence-electron chi connectivity index (χ2n) is 4.05. The number of nitrogens with zero attached hydrogens (tertiary/aromatic N) is 1. The Morgan fingerprint density at radius 3 is 2.39 bits per heavy atom. The smallest absolute Gasteiger partial charge is 0.232 e. The molecule has 3 nitrogen and oxygen atoms in total. The van der Waals surface area contributed by atoms with Gasteiger partial charge in [0.25, 0.3) is 0 Å². The largest absolute Gasteiger partial charge is 0.478 e. The van der Waals surface area contributed by atoms with E-state index < -0.39 is 0 Å². The molecule has 0 saturated carbocycles. The summed E-state index contributed by atoms with van der Waals surface area (Å²) in [6.45, 7) is 5.55. The standard InChI is InChI=1S/C15H21NO2/c1-4-7-11-17-14-10-9-13(6-3)15(16-14)18-12-8-5-2/h3,9-10H,4-5,7-8,11-12H2,1-2H3. The van der Waals surface area contributed by atoms with E-state index in [1.54, 1.807) is 6.07 Å². The molecule has 1 heterocycles. The van der Waals surface area contributed by atoms with Crippen LogP contribution in [0.4, 0.5) is 0 Å². The fraction of sp³-hybridized carbons (Fsp3) is 0.533. The number of rotatable bonds is 8. The van der Waals surface area contributed by atoms with Crippen LogP contribution >= 0.6 is 0 Å². The fourth-order valence-corrected chi connectivity index (χ4v) is 1.36. The monoisotopic (exact) mass is 247 g/mol. The van der Waals surface area contributed by atoms with E-state index >= 15 is 0 Å². The Kier molecular flexibility index (Phi) is 6.71. The summed E-state index contributed by atoms with van der Waals surface area (Å²) >= 11 is 0. The molecule has 0 aromatic carbocycles. The van der Waals surface area contributed by atoms with Gasteiger partial charge in [0, 0.05) is 6.07 Å². The molecule has 0 aliphatic carbocycles. The van der Waals surface area contributed by atoms with Crippen molar-refractivity contribution in [3.8, 4) is 24.1 Å². The number of ether oxygens (including phenoxy) is 2. The first-order valence-corrected chi connectivity index (χ1v) is 6.55. The molecule has 98 valence electrons. The first-order chi connectivity index (χ1) is 8.81. The van der Waals surface area contributed by atoms with Crippen molar-refractivity contribution in [2.75, 3.05) is 13.2 Å². The number of pyridine rings is 1. The van der Waals surface area contributed by atoms with Crippen molar-refractivity contribution in [3.63, 3.8) is 0 Å². The van der Waals surface area contributed by atoms with Gasteiger partial charge in [-0.3, -0.25) is 0 Å². The Morgan fingerprint density at radius 2 is 1.78 bits per heavy atom. The average Bonchev–Trinajstić information content (AvgIpc) is 2.40. The van der Waals surface area contributed by atoms with Crippen molar-refractivity contribution >= 4 is 0 Å². The Morgan fingerprint density at radius 1 is 1.11 bits per heavy atom. The molecule has 1 aromatic rings. The number of terminal acetylenes is 1. The Labute approximate surface area is 110 Å². The van der Waals surface area contributed by atoms with E-state index in [4.69, 9.17) is 15.9 Å². The van der Waals surface area contributed by atoms with E-state index in [0.29, 0.717) is 30.5 Å². The molecule has 0 unspecified atom stereocenters. The quantitative estimate of drug-likeness (QED) is 0.521. The fourth-order valence-electron chi connectivity index (χ4n) is 1.36. The van der Waals surface area contributed by atoms with Crippen LogP contribution < -0.4 is 9.47 Å². The van der Waals surface area contributed by atoms with Gasteiger partial charge in [0.2, 0.25) is 11.8 Å². The van der Waals surface area contributed by atoms with E-state index in [2.05, 4.69) is 24.8 Å². The maximum atomic E-state index is 5.58. The van der Waals surface area contributed by atoms with Crippen LogP contribution in [0.15, 0.2) is 12.1 Å². The van der Waals surface area contributed by atoms with Crippen molar-refractivity contribution in [2.45, 2.75) is 39.5 Å². The van der Waals surface area contributed by atoms with Crippen LogP contribution in [0.3, 0.4) is 0 Å². The average molecular weight is 247 g/mol. The normalized spacial score (nSPS) is 9.83. The minimum absolute atomic E-state index is 0.500. The lowest BCUT2D eigenvalue weighted by Gasteiger charge is -2.09. The molecule has 0 aliphatic rings. The lowest BCUT2D eigenvalue weighted by atomic mass is 10.3. The summed E-state index contributed by atoms with van der Waals surface area (Å²) in [6.07, 6.45) is 9.61. The zero-order chi connectivity index (χ0) is 13.2. The third-order valence-electron chi connectivity index (χ3n) is 2.47. The summed E-state index contributed by atoms with van der Waals surface area (Å²) in [5.74, 6) is 3.65. The molecule has 3 heteroatoms. The van der Waals surface area contributed by atoms with E-state index in [0.717, 1.165) is 25.7 Å². The first-order valence-electron chi connectivity index (χ1n) is 6.55. The maximum absolute atomic E-state index is 5.58. The number of hydrogen-bond acceptors (Lipinski definition) is 3. The molecule has 0 N–H and O–H groups in total. The minimum atomic E-state index is 0.500. The predicted octanol–water partition coefficient (Wildman–Crippen LogP) is 3.42. The molecule has 0 atom stereocenters. The van der Waals surface area contributed by atoms with Crippen molar-refractivity contribution in [1.29, 1.82) is 0 Å². The molecule has 1 rings (SSSR count). The predicted molar refractivity (Wildman–Crippen MR) is 73.0 cm³/mol. The van der Waals surface area contributed by atoms with Crippen LogP contribution in [-0.2, 0) is 0 Å². The summed E-state index contributed by atoms with van der Waals surface area (Å²) in [6, 6.07) is 3.60. The molecule has 0 bridgehead atoms. The summed E-state index contributed by atoms with van der Waals surface area (Å²) in [5.41, 5.74) is 0.675. The number of hydrogen-bond donors (Lipinski definition) is 0. The number of unbranched alkanes of at least 4 members (excludes halogenated alkanes) is 2. The van der Waals surface area contributed by atoms with Gasteiger partial charge in [0.1, 0.15) is 0 Å². The molecule has 0 fully saturated rings. The topological polar surface area (TPSA) is 31.4 Å². The van der Waals surface area contributed by atoms with E-state index in [1.165, 1.54) is 0 Å². The molecule has 0 radical (unpaired) electrons. The summed E-state index contributed by atoms with van der Waals surface area (Å²) in [5, 5.41) is 0.